The van der Waals surface area contributed by atoms with Crippen molar-refractivity contribution in [3.63, 3.8) is 0 Å². The summed E-state index contributed by atoms with van der Waals surface area (Å²) in [7, 11) is 0. The van der Waals surface area contributed by atoms with Gasteiger partial charge in [0.15, 0.2) is 0 Å². The summed E-state index contributed by atoms with van der Waals surface area (Å²) in [6.07, 6.45) is 3.79. The minimum absolute atomic E-state index is 0.763. The van der Waals surface area contributed by atoms with Crippen LogP contribution < -0.4 is 4.84 Å². The van der Waals surface area contributed by atoms with Crippen molar-refractivity contribution < 1.29 is 4.84 Å². The lowest BCUT2D eigenvalue weighted by atomic mass is 10.2. The van der Waals surface area contributed by atoms with E-state index in [1.165, 1.54) is 36.7 Å². The van der Waals surface area contributed by atoms with Crippen molar-refractivity contribution in [1.82, 2.24) is 9.63 Å². The molecule has 1 saturated heterocycles. The van der Waals surface area contributed by atoms with Gasteiger partial charge in [-0.15, -0.1) is 0 Å². The number of likely N-dealkylation sites (tertiary alicyclic amines) is 1. The van der Waals surface area contributed by atoms with Crippen LogP contribution >= 0.6 is 0 Å². The molecule has 22 heavy (non-hydrogen) atoms. The van der Waals surface area contributed by atoms with Crippen LogP contribution in [0.5, 0.6) is 0 Å². The second-order valence-corrected chi connectivity index (χ2v) is 6.06. The molecule has 1 fully saturated rings. The Hall–Kier alpha value is -2.00. The maximum Gasteiger partial charge on any atom is 0.116 e. The molecule has 4 rings (SSSR count). The molecule has 3 aromatic rings. The maximum absolute atomic E-state index is 6.12. The SMILES string of the molecule is c1ccc2c(c1)c1ccccc1n2OCCCN1CCCC1. The van der Waals surface area contributed by atoms with Gasteiger partial charge in [0.2, 0.25) is 0 Å². The second kappa shape index (κ2) is 6.01. The maximum atomic E-state index is 6.12. The first kappa shape index (κ1) is 13.6. The van der Waals surface area contributed by atoms with E-state index in [0.29, 0.717) is 0 Å². The molecule has 114 valence electrons. The van der Waals surface area contributed by atoms with Crippen LogP contribution in [0.15, 0.2) is 48.5 Å². The van der Waals surface area contributed by atoms with Crippen molar-refractivity contribution in [2.75, 3.05) is 26.2 Å². The normalized spacial score (nSPS) is 15.8. The lowest BCUT2D eigenvalue weighted by Crippen LogP contribution is -2.23. The molecule has 3 heteroatoms. The highest BCUT2D eigenvalue weighted by molar-refractivity contribution is 6.07. The lowest BCUT2D eigenvalue weighted by Gasteiger charge is -2.15. The summed E-state index contributed by atoms with van der Waals surface area (Å²) in [4.78, 5) is 8.66. The molecule has 0 aliphatic carbocycles. The smallest absolute Gasteiger partial charge is 0.116 e. The van der Waals surface area contributed by atoms with Crippen molar-refractivity contribution in [2.45, 2.75) is 19.3 Å². The Kier molecular flexibility index (Phi) is 3.73. The van der Waals surface area contributed by atoms with Crippen LogP contribution in [0, 0.1) is 0 Å². The molecule has 0 atom stereocenters. The summed E-state index contributed by atoms with van der Waals surface area (Å²) in [6, 6.07) is 16.9. The minimum Gasteiger partial charge on any atom is -0.413 e. The van der Waals surface area contributed by atoms with Gasteiger partial charge in [-0.3, -0.25) is 0 Å². The molecule has 0 spiro atoms. The average molecular weight is 294 g/mol. The molecule has 0 N–H and O–H groups in total. The molecule has 0 radical (unpaired) electrons. The van der Waals surface area contributed by atoms with E-state index in [1.807, 2.05) is 4.73 Å². The van der Waals surface area contributed by atoms with E-state index in [0.717, 1.165) is 30.6 Å². The summed E-state index contributed by atoms with van der Waals surface area (Å²) in [5, 5.41) is 2.52. The van der Waals surface area contributed by atoms with Gasteiger partial charge in [-0.1, -0.05) is 36.4 Å². The van der Waals surface area contributed by atoms with Crippen molar-refractivity contribution in [3.05, 3.63) is 48.5 Å². The molecule has 1 aromatic heterocycles. The molecular formula is C19H22N2O. The minimum atomic E-state index is 0.763. The third-order valence-corrected chi connectivity index (χ3v) is 4.57. The van der Waals surface area contributed by atoms with Gasteiger partial charge in [0, 0.05) is 17.3 Å². The zero-order chi connectivity index (χ0) is 14.8. The monoisotopic (exact) mass is 294 g/mol. The van der Waals surface area contributed by atoms with Crippen LogP contribution in [0.2, 0.25) is 0 Å². The third kappa shape index (κ3) is 2.46. The first-order valence-electron chi connectivity index (χ1n) is 8.27. The molecule has 3 nitrogen and oxygen atoms in total. The van der Waals surface area contributed by atoms with Gasteiger partial charge >= 0.3 is 0 Å². The fourth-order valence-corrected chi connectivity index (χ4v) is 3.48. The van der Waals surface area contributed by atoms with Crippen LogP contribution in [-0.4, -0.2) is 35.9 Å². The molecular weight excluding hydrogens is 272 g/mol. The topological polar surface area (TPSA) is 17.4 Å². The van der Waals surface area contributed by atoms with E-state index >= 15 is 0 Å². The van der Waals surface area contributed by atoms with E-state index in [4.69, 9.17) is 4.84 Å². The van der Waals surface area contributed by atoms with Crippen molar-refractivity contribution in [2.24, 2.45) is 0 Å². The van der Waals surface area contributed by atoms with E-state index < -0.39 is 0 Å². The number of hydrogen-bond donors (Lipinski definition) is 0. The van der Waals surface area contributed by atoms with E-state index in [-0.39, 0.29) is 0 Å². The Bertz CT molecular complexity index is 718. The molecule has 0 bridgehead atoms. The molecule has 2 heterocycles. The number of benzene rings is 2. The van der Waals surface area contributed by atoms with E-state index in [1.54, 1.807) is 0 Å². The van der Waals surface area contributed by atoms with Gasteiger partial charge in [0.05, 0.1) is 11.0 Å². The number of hydrogen-bond acceptors (Lipinski definition) is 2. The zero-order valence-corrected chi connectivity index (χ0v) is 12.9. The quantitative estimate of drug-likeness (QED) is 0.667. The number of nitrogens with zero attached hydrogens (tertiary/aromatic N) is 2. The second-order valence-electron chi connectivity index (χ2n) is 6.06. The molecule has 1 aliphatic rings. The van der Waals surface area contributed by atoms with Gasteiger partial charge < -0.3 is 9.74 Å². The van der Waals surface area contributed by atoms with Crippen LogP contribution in [0.4, 0.5) is 0 Å². The average Bonchev–Trinajstić information content (AvgIpc) is 3.18. The number of rotatable bonds is 5. The summed E-state index contributed by atoms with van der Waals surface area (Å²) in [5.41, 5.74) is 2.31. The summed E-state index contributed by atoms with van der Waals surface area (Å²) in [5.74, 6) is 0. The van der Waals surface area contributed by atoms with Gasteiger partial charge in [-0.2, -0.15) is 4.73 Å². The summed E-state index contributed by atoms with van der Waals surface area (Å²) < 4.78 is 2.01. The van der Waals surface area contributed by atoms with Crippen LogP contribution in [0.1, 0.15) is 19.3 Å². The first-order valence-corrected chi connectivity index (χ1v) is 8.27. The number of fused-ring (bicyclic) bond motifs is 3. The van der Waals surface area contributed by atoms with Gasteiger partial charge in [0.1, 0.15) is 6.61 Å². The highest BCUT2D eigenvalue weighted by atomic mass is 16.7. The van der Waals surface area contributed by atoms with E-state index in [2.05, 4.69) is 53.4 Å². The van der Waals surface area contributed by atoms with Crippen LogP contribution in [0.25, 0.3) is 21.8 Å². The fourth-order valence-electron chi connectivity index (χ4n) is 3.48. The van der Waals surface area contributed by atoms with Gasteiger partial charge in [-0.05, 0) is 44.5 Å². The highest BCUT2D eigenvalue weighted by Crippen LogP contribution is 2.27. The molecule has 0 amide bonds. The standard InChI is InChI=1S/C19H22N2O/c1-3-10-18-16(8-1)17-9-2-4-11-19(17)21(18)22-15-7-14-20-12-5-6-13-20/h1-4,8-11H,5-7,12-15H2. The summed E-state index contributed by atoms with van der Waals surface area (Å²) >= 11 is 0. The molecule has 2 aromatic carbocycles. The Balaban J connectivity index is 1.54. The molecule has 0 saturated carbocycles. The predicted molar refractivity (Wildman–Crippen MR) is 91.2 cm³/mol. The number of para-hydroxylation sites is 2. The van der Waals surface area contributed by atoms with Crippen molar-refractivity contribution >= 4 is 21.8 Å². The lowest BCUT2D eigenvalue weighted by molar-refractivity contribution is 0.119. The molecule has 1 aliphatic heterocycles. The Morgan fingerprint density at radius 3 is 2.05 bits per heavy atom. The largest absolute Gasteiger partial charge is 0.413 e. The highest BCUT2D eigenvalue weighted by Gasteiger charge is 2.12. The third-order valence-electron chi connectivity index (χ3n) is 4.57. The zero-order valence-electron chi connectivity index (χ0n) is 12.9. The Morgan fingerprint density at radius 2 is 1.41 bits per heavy atom. The molecule has 0 unspecified atom stereocenters. The Labute approximate surface area is 131 Å². The van der Waals surface area contributed by atoms with Gasteiger partial charge in [-0.25, -0.2) is 0 Å². The van der Waals surface area contributed by atoms with Crippen molar-refractivity contribution in [1.29, 1.82) is 0 Å². The van der Waals surface area contributed by atoms with Crippen molar-refractivity contribution in [3.8, 4) is 0 Å². The fraction of sp³-hybridized carbons (Fsp3) is 0.368. The Morgan fingerprint density at radius 1 is 0.818 bits per heavy atom. The summed E-state index contributed by atoms with van der Waals surface area (Å²) in [6.45, 7) is 4.43. The number of aromatic nitrogens is 1. The van der Waals surface area contributed by atoms with Gasteiger partial charge in [0.25, 0.3) is 0 Å². The first-order chi connectivity index (χ1) is 10.9. The van der Waals surface area contributed by atoms with Crippen LogP contribution in [-0.2, 0) is 0 Å². The predicted octanol–water partition coefficient (Wildman–Crippen LogP) is 3.71. The van der Waals surface area contributed by atoms with Crippen LogP contribution in [0.3, 0.4) is 0 Å². The van der Waals surface area contributed by atoms with E-state index in [9.17, 15) is 0 Å².